The number of ether oxygens (including phenoxy) is 2. The van der Waals surface area contributed by atoms with Crippen molar-refractivity contribution in [3.8, 4) is 28.7 Å². The van der Waals surface area contributed by atoms with E-state index in [2.05, 4.69) is 29.5 Å². The first-order chi connectivity index (χ1) is 16.9. The number of nitrogens with zero attached hydrogens (tertiary/aromatic N) is 1. The summed E-state index contributed by atoms with van der Waals surface area (Å²) in [6.07, 6.45) is 0. The molecule has 0 bridgehead atoms. The molecule has 1 aromatic heterocycles. The van der Waals surface area contributed by atoms with Crippen LogP contribution in [0.1, 0.15) is 35.7 Å². The van der Waals surface area contributed by atoms with Crippen molar-refractivity contribution in [1.29, 1.82) is 0 Å². The Morgan fingerprint density at radius 1 is 1.03 bits per heavy atom. The summed E-state index contributed by atoms with van der Waals surface area (Å²) in [4.78, 5) is 17.2. The van der Waals surface area contributed by atoms with Crippen LogP contribution >= 0.6 is 12.2 Å². The number of carbonyl (C=O) groups excluding carboxylic acids is 1. The van der Waals surface area contributed by atoms with Gasteiger partial charge in [0.05, 0.1) is 5.56 Å². The Balaban J connectivity index is 1.32. The van der Waals surface area contributed by atoms with Crippen LogP contribution in [0.15, 0.2) is 59.0 Å². The van der Waals surface area contributed by atoms with Gasteiger partial charge >= 0.3 is 0 Å². The van der Waals surface area contributed by atoms with Crippen LogP contribution in [0, 0.1) is 0 Å². The molecule has 5 rings (SSSR count). The molecule has 3 N–H and O–H groups in total. The van der Waals surface area contributed by atoms with Crippen molar-refractivity contribution in [1.82, 2.24) is 10.3 Å². The standard InChI is InChI=1S/C26H23N3O5S/c1-14(2)15-3-7-21-19(11-15)28-25(34-21)18-13-17(5-6-20(18)30)27-26(35)29-24(31)16-4-8-22-23(12-16)33-10-9-32-22/h3-8,11-14,30H,9-10H2,1-2H3,(H2,27,29,31,35). The smallest absolute Gasteiger partial charge is 0.257 e. The van der Waals surface area contributed by atoms with Crippen molar-refractivity contribution < 1.29 is 23.8 Å². The summed E-state index contributed by atoms with van der Waals surface area (Å²) in [6, 6.07) is 15.6. The van der Waals surface area contributed by atoms with Crippen LogP contribution in [-0.2, 0) is 0 Å². The molecule has 1 amide bonds. The van der Waals surface area contributed by atoms with Crippen molar-refractivity contribution in [2.24, 2.45) is 0 Å². The van der Waals surface area contributed by atoms with Crippen molar-refractivity contribution in [2.75, 3.05) is 18.5 Å². The van der Waals surface area contributed by atoms with E-state index in [1.54, 1.807) is 30.3 Å². The van der Waals surface area contributed by atoms with E-state index < -0.39 is 5.91 Å². The number of aromatic hydroxyl groups is 1. The van der Waals surface area contributed by atoms with Crippen molar-refractivity contribution >= 4 is 40.0 Å². The van der Waals surface area contributed by atoms with Gasteiger partial charge in [0.25, 0.3) is 5.91 Å². The number of phenols is 1. The van der Waals surface area contributed by atoms with Gasteiger partial charge in [-0.15, -0.1) is 0 Å². The minimum Gasteiger partial charge on any atom is -0.507 e. The van der Waals surface area contributed by atoms with E-state index in [1.165, 1.54) is 6.07 Å². The molecule has 0 aliphatic carbocycles. The summed E-state index contributed by atoms with van der Waals surface area (Å²) in [5.74, 6) is 1.39. The molecule has 0 saturated carbocycles. The Hall–Kier alpha value is -4.11. The van der Waals surface area contributed by atoms with Crippen LogP contribution in [0.25, 0.3) is 22.6 Å². The second kappa shape index (κ2) is 9.27. The van der Waals surface area contributed by atoms with Crippen LogP contribution in [0.5, 0.6) is 17.2 Å². The molecule has 0 unspecified atom stereocenters. The number of hydrogen-bond donors (Lipinski definition) is 3. The molecular formula is C26H23N3O5S. The highest BCUT2D eigenvalue weighted by Crippen LogP contribution is 2.34. The van der Waals surface area contributed by atoms with Crippen LogP contribution in [0.2, 0.25) is 0 Å². The number of fused-ring (bicyclic) bond motifs is 2. The van der Waals surface area contributed by atoms with Gasteiger partial charge in [-0.1, -0.05) is 19.9 Å². The van der Waals surface area contributed by atoms with E-state index in [4.69, 9.17) is 26.1 Å². The molecule has 0 saturated heterocycles. The van der Waals surface area contributed by atoms with Crippen molar-refractivity contribution in [2.45, 2.75) is 19.8 Å². The number of oxazole rings is 1. The first kappa shape index (κ1) is 22.7. The zero-order chi connectivity index (χ0) is 24.5. The molecule has 9 heteroatoms. The maximum Gasteiger partial charge on any atom is 0.257 e. The number of carbonyl (C=O) groups is 1. The van der Waals surface area contributed by atoms with Gasteiger partial charge in [0.15, 0.2) is 22.2 Å². The van der Waals surface area contributed by atoms with Gasteiger partial charge in [-0.25, -0.2) is 4.98 Å². The fraction of sp³-hybridized carbons (Fsp3) is 0.192. The number of aromatic nitrogens is 1. The maximum absolute atomic E-state index is 12.6. The van der Waals surface area contributed by atoms with Gasteiger partial charge in [0.2, 0.25) is 5.89 Å². The number of thiocarbonyl (C=S) groups is 1. The van der Waals surface area contributed by atoms with Gasteiger partial charge < -0.3 is 24.3 Å². The topological polar surface area (TPSA) is 106 Å². The fourth-order valence-corrected chi connectivity index (χ4v) is 3.94. The summed E-state index contributed by atoms with van der Waals surface area (Å²) in [6.45, 7) is 5.13. The molecule has 1 aliphatic rings. The summed E-state index contributed by atoms with van der Waals surface area (Å²) in [7, 11) is 0. The van der Waals surface area contributed by atoms with Gasteiger partial charge in [0, 0.05) is 11.3 Å². The highest BCUT2D eigenvalue weighted by atomic mass is 32.1. The van der Waals surface area contributed by atoms with E-state index in [-0.39, 0.29) is 16.8 Å². The molecule has 3 aromatic carbocycles. The molecule has 1 aliphatic heterocycles. The summed E-state index contributed by atoms with van der Waals surface area (Å²) in [5.41, 5.74) is 3.83. The molecule has 0 spiro atoms. The zero-order valence-electron chi connectivity index (χ0n) is 19.1. The number of anilines is 1. The molecule has 2 heterocycles. The van der Waals surface area contributed by atoms with E-state index in [0.717, 1.165) is 5.56 Å². The quantitative estimate of drug-likeness (QED) is 0.265. The number of nitrogens with one attached hydrogen (secondary N) is 2. The average Bonchev–Trinajstić information content (AvgIpc) is 3.28. The number of rotatable bonds is 4. The lowest BCUT2D eigenvalue weighted by Gasteiger charge is -2.18. The SMILES string of the molecule is CC(C)c1ccc2oc(-c3cc(NC(=S)NC(=O)c4ccc5c(c4)OCCO5)ccc3O)nc2c1. The second-order valence-electron chi connectivity index (χ2n) is 8.40. The third-order valence-electron chi connectivity index (χ3n) is 5.59. The Morgan fingerprint density at radius 2 is 1.83 bits per heavy atom. The molecule has 8 nitrogen and oxygen atoms in total. The number of amides is 1. The number of benzene rings is 3. The highest BCUT2D eigenvalue weighted by Gasteiger charge is 2.17. The minimum atomic E-state index is -0.390. The predicted molar refractivity (Wildman–Crippen MR) is 136 cm³/mol. The Bertz CT molecular complexity index is 1450. The molecule has 178 valence electrons. The van der Waals surface area contributed by atoms with E-state index in [9.17, 15) is 9.90 Å². The monoisotopic (exact) mass is 489 g/mol. The van der Waals surface area contributed by atoms with Gasteiger partial charge in [-0.3, -0.25) is 10.1 Å². The van der Waals surface area contributed by atoms with Gasteiger partial charge in [-0.2, -0.15) is 0 Å². The maximum atomic E-state index is 12.6. The molecule has 4 aromatic rings. The van der Waals surface area contributed by atoms with Gasteiger partial charge in [-0.05, 0) is 72.2 Å². The van der Waals surface area contributed by atoms with Gasteiger partial charge in [0.1, 0.15) is 24.5 Å². The van der Waals surface area contributed by atoms with Crippen LogP contribution < -0.4 is 20.1 Å². The first-order valence-corrected chi connectivity index (χ1v) is 11.5. The normalized spacial score (nSPS) is 12.5. The van der Waals surface area contributed by atoms with Crippen molar-refractivity contribution in [3.63, 3.8) is 0 Å². The Kier molecular flexibility index (Phi) is 6.00. The lowest BCUT2D eigenvalue weighted by molar-refractivity contribution is 0.0976. The third-order valence-corrected chi connectivity index (χ3v) is 5.80. The van der Waals surface area contributed by atoms with Crippen LogP contribution in [0.4, 0.5) is 5.69 Å². The van der Waals surface area contributed by atoms with E-state index in [0.29, 0.717) is 58.5 Å². The van der Waals surface area contributed by atoms with E-state index >= 15 is 0 Å². The predicted octanol–water partition coefficient (Wildman–Crippen LogP) is 5.22. The molecule has 35 heavy (non-hydrogen) atoms. The first-order valence-electron chi connectivity index (χ1n) is 11.1. The third kappa shape index (κ3) is 4.76. The fourth-order valence-electron chi connectivity index (χ4n) is 3.73. The molecule has 0 atom stereocenters. The second-order valence-corrected chi connectivity index (χ2v) is 8.81. The van der Waals surface area contributed by atoms with E-state index in [1.807, 2.05) is 18.2 Å². The summed E-state index contributed by atoms with van der Waals surface area (Å²) < 4.78 is 16.9. The molecule has 0 radical (unpaired) electrons. The number of phenolic OH excluding ortho intramolecular Hbond substituents is 1. The molecule has 0 fully saturated rings. The van der Waals surface area contributed by atoms with Crippen LogP contribution in [0.3, 0.4) is 0 Å². The highest BCUT2D eigenvalue weighted by molar-refractivity contribution is 7.80. The largest absolute Gasteiger partial charge is 0.507 e. The Morgan fingerprint density at radius 3 is 2.63 bits per heavy atom. The summed E-state index contributed by atoms with van der Waals surface area (Å²) >= 11 is 5.32. The van der Waals surface area contributed by atoms with Crippen LogP contribution in [-0.4, -0.2) is 34.3 Å². The lowest BCUT2D eigenvalue weighted by Crippen LogP contribution is -2.34. The average molecular weight is 490 g/mol. The minimum absolute atomic E-state index is 0.0115. The number of hydrogen-bond acceptors (Lipinski definition) is 7. The lowest BCUT2D eigenvalue weighted by atomic mass is 10.0. The molecular weight excluding hydrogens is 466 g/mol. The summed E-state index contributed by atoms with van der Waals surface area (Å²) in [5, 5.41) is 16.1. The van der Waals surface area contributed by atoms with Crippen molar-refractivity contribution in [3.05, 3.63) is 65.7 Å². The zero-order valence-corrected chi connectivity index (χ0v) is 19.9. The Labute approximate surface area is 206 Å².